The van der Waals surface area contributed by atoms with Gasteiger partial charge in [-0.25, -0.2) is 4.21 Å². The van der Waals surface area contributed by atoms with E-state index in [1.54, 1.807) is 0 Å². The lowest BCUT2D eigenvalue weighted by molar-refractivity contribution is -0.135. The van der Waals surface area contributed by atoms with Gasteiger partial charge in [0.1, 0.15) is 11.4 Å². The number of rotatable bonds is 10. The first-order valence-electron chi connectivity index (χ1n) is 7.51. The van der Waals surface area contributed by atoms with Gasteiger partial charge in [0.2, 0.25) is 0 Å². The molecule has 0 aromatic heterocycles. The average Bonchev–Trinajstić information content (AvgIpc) is 2.46. The van der Waals surface area contributed by atoms with Gasteiger partial charge in [0.25, 0.3) is 0 Å². The lowest BCUT2D eigenvalue weighted by Gasteiger charge is -2.16. The maximum absolute atomic E-state index is 11.9. The Hall–Kier alpha value is -1.20. The number of hydrogen-bond donors (Lipinski definition) is 0. The minimum atomic E-state index is -2.80. The number of hydrogen-bond acceptors (Lipinski definition) is 4. The first-order valence-corrected chi connectivity index (χ1v) is 8.51. The van der Waals surface area contributed by atoms with E-state index in [4.69, 9.17) is 0 Å². The molecule has 2 atom stereocenters. The van der Waals surface area contributed by atoms with Crippen LogP contribution in [0.25, 0.3) is 0 Å². The molecule has 0 saturated heterocycles. The second kappa shape index (κ2) is 10.5. The van der Waals surface area contributed by atoms with Crippen LogP contribution in [0, 0.1) is 0 Å². The topological polar surface area (TPSA) is 66.4 Å². The van der Waals surface area contributed by atoms with E-state index < -0.39 is 23.2 Å². The molecule has 0 saturated carbocycles. The van der Waals surface area contributed by atoms with E-state index in [1.165, 1.54) is 19.3 Å². The predicted molar refractivity (Wildman–Crippen MR) is 82.2 cm³/mol. The van der Waals surface area contributed by atoms with Gasteiger partial charge in [-0.3, -0.25) is 4.79 Å². The minimum absolute atomic E-state index is 0.504. The summed E-state index contributed by atoms with van der Waals surface area (Å²) < 4.78 is 25.4. The Morgan fingerprint density at radius 3 is 2.38 bits per heavy atom. The molecule has 0 heterocycles. The molecule has 0 N–H and O–H groups in total. The highest BCUT2D eigenvalue weighted by Crippen LogP contribution is 2.24. The van der Waals surface area contributed by atoms with Crippen molar-refractivity contribution in [2.45, 2.75) is 57.8 Å². The smallest absolute Gasteiger partial charge is 0.326 e. The fraction of sp³-hybridized carbons (Fsp3) is 0.562. The molecule has 0 aliphatic rings. The molecule has 0 aliphatic heterocycles. The van der Waals surface area contributed by atoms with Gasteiger partial charge in [-0.2, -0.15) is 0 Å². The van der Waals surface area contributed by atoms with Gasteiger partial charge < -0.3 is 8.74 Å². The maximum Gasteiger partial charge on any atom is 0.326 e. The van der Waals surface area contributed by atoms with Crippen molar-refractivity contribution < 1.29 is 17.7 Å². The second-order valence-corrected chi connectivity index (χ2v) is 5.70. The second-order valence-electron chi connectivity index (χ2n) is 5.13. The van der Waals surface area contributed by atoms with E-state index in [-0.39, 0.29) is 0 Å². The van der Waals surface area contributed by atoms with E-state index in [2.05, 4.69) is 11.1 Å². The summed E-state index contributed by atoms with van der Waals surface area (Å²) in [6.45, 7) is 2.17. The Balaban J connectivity index is 2.53. The molecule has 2 unspecified atom stereocenters. The van der Waals surface area contributed by atoms with Gasteiger partial charge in [-0.15, -0.1) is 0 Å². The van der Waals surface area contributed by atoms with Gasteiger partial charge >= 0.3 is 5.97 Å². The summed E-state index contributed by atoms with van der Waals surface area (Å²) >= 11 is -2.80. The van der Waals surface area contributed by atoms with E-state index in [0.717, 1.165) is 24.8 Å². The third-order valence-electron chi connectivity index (χ3n) is 3.48. The van der Waals surface area contributed by atoms with Crippen molar-refractivity contribution in [2.24, 2.45) is 0 Å². The molecule has 0 aliphatic carbocycles. The van der Waals surface area contributed by atoms with Crippen LogP contribution >= 0.6 is 0 Å². The van der Waals surface area contributed by atoms with Crippen LogP contribution in [0.3, 0.4) is 0 Å². The summed E-state index contributed by atoms with van der Waals surface area (Å²) in [5, 5.41) is 0. The van der Waals surface area contributed by atoms with Crippen LogP contribution in [-0.4, -0.2) is 14.7 Å². The maximum atomic E-state index is 11.9. The van der Waals surface area contributed by atoms with Crippen molar-refractivity contribution in [1.29, 1.82) is 0 Å². The lowest BCUT2D eigenvalue weighted by atomic mass is 9.93. The standard InChI is InChI=1S/C16H24O4S/c1-2-3-4-5-6-10-13-15(16(17)20-21(18)19)14-11-8-7-9-12-14/h7-9,11-12,15H,2-6,10,13H2,1H3,(H,18,19)/p-1. The Kier molecular flexibility index (Phi) is 8.94. The number of carbonyl (C=O) groups is 1. The van der Waals surface area contributed by atoms with E-state index in [1.807, 2.05) is 30.3 Å². The molecular weight excluding hydrogens is 288 g/mol. The first-order chi connectivity index (χ1) is 10.1. The van der Waals surface area contributed by atoms with Gasteiger partial charge in [0.05, 0.1) is 5.92 Å². The Bertz CT molecular complexity index is 433. The molecule has 21 heavy (non-hydrogen) atoms. The summed E-state index contributed by atoms with van der Waals surface area (Å²) in [7, 11) is 0. The third-order valence-corrected chi connectivity index (χ3v) is 3.78. The number of benzene rings is 1. The fourth-order valence-electron chi connectivity index (χ4n) is 2.36. The van der Waals surface area contributed by atoms with E-state index in [0.29, 0.717) is 6.42 Å². The molecule has 0 spiro atoms. The molecule has 0 amide bonds. The molecular formula is C16H23O4S-. The third kappa shape index (κ3) is 7.39. The molecule has 4 nitrogen and oxygen atoms in total. The van der Waals surface area contributed by atoms with Crippen molar-refractivity contribution in [1.82, 2.24) is 0 Å². The molecule has 1 aromatic rings. The largest absolute Gasteiger partial charge is 0.740 e. The molecule has 118 valence electrons. The van der Waals surface area contributed by atoms with Crippen LogP contribution in [-0.2, 0) is 20.3 Å². The van der Waals surface area contributed by atoms with Crippen LogP contribution < -0.4 is 0 Å². The quantitative estimate of drug-likeness (QED) is 0.486. The molecule has 0 bridgehead atoms. The van der Waals surface area contributed by atoms with Gasteiger partial charge in [-0.1, -0.05) is 75.8 Å². The summed E-state index contributed by atoms with van der Waals surface area (Å²) in [6.07, 6.45) is 7.36. The molecule has 0 fully saturated rings. The Labute approximate surface area is 129 Å². The van der Waals surface area contributed by atoms with Gasteiger partial charge in [0.15, 0.2) is 0 Å². The predicted octanol–water partition coefficient (Wildman–Crippen LogP) is 3.86. The fourth-order valence-corrected chi connectivity index (χ4v) is 2.61. The van der Waals surface area contributed by atoms with Gasteiger partial charge in [-0.05, 0) is 12.0 Å². The van der Waals surface area contributed by atoms with Crippen molar-refractivity contribution in [3.63, 3.8) is 0 Å². The summed E-state index contributed by atoms with van der Waals surface area (Å²) in [6, 6.07) is 9.20. The zero-order valence-corrected chi connectivity index (χ0v) is 13.3. The Morgan fingerprint density at radius 2 is 1.76 bits per heavy atom. The van der Waals surface area contributed by atoms with Crippen LogP contribution in [0.15, 0.2) is 30.3 Å². The highest BCUT2D eigenvalue weighted by molar-refractivity contribution is 7.74. The average molecular weight is 311 g/mol. The zero-order chi connectivity index (χ0) is 15.5. The van der Waals surface area contributed by atoms with Crippen molar-refractivity contribution in [3.05, 3.63) is 35.9 Å². The summed E-state index contributed by atoms with van der Waals surface area (Å²) in [5.41, 5.74) is 0.807. The van der Waals surface area contributed by atoms with Crippen molar-refractivity contribution >= 4 is 17.3 Å². The molecule has 1 aromatic carbocycles. The first kappa shape index (κ1) is 17.9. The van der Waals surface area contributed by atoms with Crippen LogP contribution in [0.1, 0.15) is 63.4 Å². The summed E-state index contributed by atoms with van der Waals surface area (Å²) in [4.78, 5) is 11.9. The summed E-state index contributed by atoms with van der Waals surface area (Å²) in [5.74, 6) is -1.20. The van der Waals surface area contributed by atoms with E-state index in [9.17, 15) is 13.6 Å². The molecule has 1 rings (SSSR count). The van der Waals surface area contributed by atoms with Crippen molar-refractivity contribution in [3.8, 4) is 0 Å². The molecule has 0 radical (unpaired) electrons. The Morgan fingerprint density at radius 1 is 1.14 bits per heavy atom. The molecule has 5 heteroatoms. The highest BCUT2D eigenvalue weighted by atomic mass is 32.2. The van der Waals surface area contributed by atoms with Crippen LogP contribution in [0.2, 0.25) is 0 Å². The lowest BCUT2D eigenvalue weighted by Crippen LogP contribution is -2.17. The number of unbranched alkanes of at least 4 members (excludes halogenated alkanes) is 5. The van der Waals surface area contributed by atoms with Crippen LogP contribution in [0.5, 0.6) is 0 Å². The highest BCUT2D eigenvalue weighted by Gasteiger charge is 2.22. The normalized spacial score (nSPS) is 13.6. The van der Waals surface area contributed by atoms with E-state index >= 15 is 0 Å². The van der Waals surface area contributed by atoms with Gasteiger partial charge in [0, 0.05) is 0 Å². The SMILES string of the molecule is CCCCCCCCC(C(=O)OS(=O)[O-])c1ccccc1. The minimum Gasteiger partial charge on any atom is -0.740 e. The monoisotopic (exact) mass is 311 g/mol. The zero-order valence-electron chi connectivity index (χ0n) is 12.5. The van der Waals surface area contributed by atoms with Crippen LogP contribution in [0.4, 0.5) is 0 Å². The van der Waals surface area contributed by atoms with Crippen molar-refractivity contribution in [2.75, 3.05) is 0 Å². The number of carbonyl (C=O) groups excluding carboxylic acids is 1.